The van der Waals surface area contributed by atoms with Gasteiger partial charge in [0.15, 0.2) is 22.9 Å². The van der Waals surface area contributed by atoms with Gasteiger partial charge in [-0.05, 0) is 36.1 Å². The maximum absolute atomic E-state index is 13.6. The van der Waals surface area contributed by atoms with Crippen LogP contribution in [0, 0.1) is 11.3 Å². The molecule has 1 saturated carbocycles. The van der Waals surface area contributed by atoms with Crippen molar-refractivity contribution in [2.45, 2.75) is 31.0 Å². The maximum Gasteiger partial charge on any atom is 0.179 e. The molecule has 2 aliphatic rings. The van der Waals surface area contributed by atoms with Gasteiger partial charge in [0.1, 0.15) is 11.9 Å². The number of Topliss-reactive ketones (excluding diaryl/α,β-unsaturated/α-hetero) is 1. The lowest BCUT2D eigenvalue weighted by Gasteiger charge is -2.40. The number of hydrogen-bond acceptors (Lipinski definition) is 6. The second kappa shape index (κ2) is 6.69. The van der Waals surface area contributed by atoms with Gasteiger partial charge in [-0.2, -0.15) is 0 Å². The monoisotopic (exact) mass is 374 g/mol. The number of allylic oxidation sites excluding steroid dienone is 2. The number of fused-ring (bicyclic) bond motifs is 2. The Morgan fingerprint density at radius 3 is 2.52 bits per heavy atom. The number of carbonyl (C=O) groups is 1. The first kappa shape index (κ1) is 19.5. The van der Waals surface area contributed by atoms with E-state index in [9.17, 15) is 15.0 Å². The normalized spacial score (nSPS) is 34.9. The molecule has 27 heavy (non-hydrogen) atoms. The molecule has 3 rings (SSSR count). The number of aliphatic hydroxyl groups excluding tert-OH is 1. The van der Waals surface area contributed by atoms with Gasteiger partial charge in [-0.1, -0.05) is 19.1 Å². The molecule has 5 atom stereocenters. The van der Waals surface area contributed by atoms with Crippen LogP contribution < -0.4 is 4.74 Å². The zero-order valence-corrected chi connectivity index (χ0v) is 16.1. The van der Waals surface area contributed by atoms with E-state index < -0.39 is 23.0 Å². The number of benzene rings is 1. The highest BCUT2D eigenvalue weighted by atomic mass is 16.5. The molecule has 146 valence electrons. The summed E-state index contributed by atoms with van der Waals surface area (Å²) in [7, 11) is 4.37. The Bertz CT molecular complexity index is 800. The Hall–Kier alpha value is -2.31. The molecule has 0 amide bonds. The average Bonchev–Trinajstić information content (AvgIpc) is 2.80. The third-order valence-corrected chi connectivity index (χ3v) is 6.25. The molecule has 0 aliphatic heterocycles. The Kier molecular flexibility index (Phi) is 4.82. The number of hydrogen-bond donors (Lipinski definition) is 2. The average molecular weight is 374 g/mol. The second-order valence-electron chi connectivity index (χ2n) is 7.21. The maximum atomic E-state index is 13.6. The number of phenols is 1. The number of aliphatic hydroxyl groups is 1. The van der Waals surface area contributed by atoms with E-state index in [1.807, 2.05) is 6.92 Å². The zero-order valence-electron chi connectivity index (χ0n) is 16.1. The van der Waals surface area contributed by atoms with E-state index in [-0.39, 0.29) is 17.5 Å². The van der Waals surface area contributed by atoms with Gasteiger partial charge < -0.3 is 24.4 Å². The van der Waals surface area contributed by atoms with Crippen molar-refractivity contribution in [2.75, 3.05) is 21.3 Å². The molecule has 1 fully saturated rings. The summed E-state index contributed by atoms with van der Waals surface area (Å²) >= 11 is 0. The van der Waals surface area contributed by atoms with Gasteiger partial charge in [0.2, 0.25) is 0 Å². The fourth-order valence-electron chi connectivity index (χ4n) is 4.92. The minimum Gasteiger partial charge on any atom is -0.504 e. The zero-order chi connectivity index (χ0) is 20.0. The van der Waals surface area contributed by atoms with Gasteiger partial charge in [0, 0.05) is 13.0 Å². The molecule has 6 heteroatoms. The first-order chi connectivity index (χ1) is 12.8. The number of carbonyl (C=O) groups excluding carboxylic acids is 1. The molecule has 2 N–H and O–H groups in total. The third-order valence-electron chi connectivity index (χ3n) is 6.25. The summed E-state index contributed by atoms with van der Waals surface area (Å²) in [5.41, 5.74) is -1.65. The van der Waals surface area contributed by atoms with Gasteiger partial charge in [0.05, 0.1) is 19.6 Å². The summed E-state index contributed by atoms with van der Waals surface area (Å²) < 4.78 is 16.4. The summed E-state index contributed by atoms with van der Waals surface area (Å²) in [6.45, 7) is 5.78. The number of rotatable bonds is 6. The molecule has 6 nitrogen and oxygen atoms in total. The molecular weight excluding hydrogens is 348 g/mol. The lowest BCUT2D eigenvalue weighted by Crippen LogP contribution is -2.57. The smallest absolute Gasteiger partial charge is 0.179 e. The predicted molar refractivity (Wildman–Crippen MR) is 99.7 cm³/mol. The van der Waals surface area contributed by atoms with Gasteiger partial charge in [-0.3, -0.25) is 4.79 Å². The van der Waals surface area contributed by atoms with E-state index in [4.69, 9.17) is 14.2 Å². The van der Waals surface area contributed by atoms with E-state index >= 15 is 0 Å². The van der Waals surface area contributed by atoms with E-state index in [1.54, 1.807) is 24.3 Å². The molecule has 0 aromatic heterocycles. The van der Waals surface area contributed by atoms with Crippen LogP contribution >= 0.6 is 0 Å². The fraction of sp³-hybridized carbons (Fsp3) is 0.476. The topological polar surface area (TPSA) is 85.2 Å². The van der Waals surface area contributed by atoms with Gasteiger partial charge in [-0.15, -0.1) is 6.58 Å². The summed E-state index contributed by atoms with van der Waals surface area (Å²) in [4.78, 5) is 13.6. The van der Waals surface area contributed by atoms with Gasteiger partial charge in [0.25, 0.3) is 0 Å². The molecule has 0 heterocycles. The van der Waals surface area contributed by atoms with Crippen LogP contribution in [0.3, 0.4) is 0 Å². The van der Waals surface area contributed by atoms with Crippen molar-refractivity contribution >= 4 is 5.78 Å². The fourth-order valence-corrected chi connectivity index (χ4v) is 4.92. The van der Waals surface area contributed by atoms with E-state index in [2.05, 4.69) is 6.58 Å². The number of ketones is 1. The van der Waals surface area contributed by atoms with Crippen molar-refractivity contribution in [3.8, 4) is 11.5 Å². The minimum atomic E-state index is -1.50. The first-order valence-electron chi connectivity index (χ1n) is 8.86. The molecule has 1 aromatic rings. The number of ether oxygens (including phenoxy) is 3. The molecule has 2 bridgehead atoms. The van der Waals surface area contributed by atoms with E-state index in [0.717, 1.165) is 5.56 Å². The molecule has 0 saturated heterocycles. The lowest BCUT2D eigenvalue weighted by atomic mass is 9.70. The van der Waals surface area contributed by atoms with Crippen molar-refractivity contribution in [2.24, 2.45) is 11.3 Å². The standard InChI is InChI=1S/C21H26O6/c1-6-9-20-11-16(26-4)18(23)21(27-5,19(20)24)17(12(20)2)13-7-8-14(22)15(10-13)25-3/h6-8,10-12,17-18,22-23H,1,9H2,2-5H3. The molecule has 0 radical (unpaired) electrons. The molecular formula is C21H26O6. The highest BCUT2D eigenvalue weighted by Gasteiger charge is 2.72. The Morgan fingerprint density at radius 2 is 1.96 bits per heavy atom. The van der Waals surface area contributed by atoms with Gasteiger partial charge in [-0.25, -0.2) is 0 Å². The van der Waals surface area contributed by atoms with Crippen LogP contribution in [0.1, 0.15) is 24.8 Å². The quantitative estimate of drug-likeness (QED) is 0.745. The molecule has 2 aliphatic carbocycles. The van der Waals surface area contributed by atoms with Crippen LogP contribution in [0.15, 0.2) is 42.7 Å². The van der Waals surface area contributed by atoms with Crippen LogP contribution in [0.5, 0.6) is 11.5 Å². The van der Waals surface area contributed by atoms with Crippen LogP contribution in [0.25, 0.3) is 0 Å². The molecule has 0 spiro atoms. The van der Waals surface area contributed by atoms with Crippen LogP contribution in [0.4, 0.5) is 0 Å². The molecule has 1 aromatic carbocycles. The Labute approximate surface area is 159 Å². The van der Waals surface area contributed by atoms with Crippen molar-refractivity contribution < 1.29 is 29.2 Å². The van der Waals surface area contributed by atoms with Crippen LogP contribution in [-0.2, 0) is 14.3 Å². The second-order valence-corrected chi connectivity index (χ2v) is 7.21. The highest BCUT2D eigenvalue weighted by molar-refractivity contribution is 6.01. The van der Waals surface area contributed by atoms with Crippen LogP contribution in [0.2, 0.25) is 0 Å². The SMILES string of the molecule is C=CCC12C=C(OC)C(O)C(OC)(C1=O)C(c1ccc(O)c(OC)c1)C2C. The molecule has 5 unspecified atom stereocenters. The lowest BCUT2D eigenvalue weighted by molar-refractivity contribution is -0.161. The highest BCUT2D eigenvalue weighted by Crippen LogP contribution is 2.63. The first-order valence-corrected chi connectivity index (χ1v) is 8.86. The number of methoxy groups -OCH3 is 3. The number of aromatic hydroxyl groups is 1. The summed E-state index contributed by atoms with van der Waals surface area (Å²) in [5.74, 6) is -0.242. The largest absolute Gasteiger partial charge is 0.504 e. The summed E-state index contributed by atoms with van der Waals surface area (Å²) in [6, 6.07) is 4.94. The van der Waals surface area contributed by atoms with Crippen molar-refractivity contribution in [1.29, 1.82) is 0 Å². The predicted octanol–water partition coefficient (Wildman–Crippen LogP) is 2.56. The van der Waals surface area contributed by atoms with E-state index in [1.165, 1.54) is 27.4 Å². The Morgan fingerprint density at radius 1 is 1.26 bits per heavy atom. The summed E-state index contributed by atoms with van der Waals surface area (Å²) in [5, 5.41) is 21.0. The third kappa shape index (κ3) is 2.36. The van der Waals surface area contributed by atoms with Crippen molar-refractivity contribution in [3.63, 3.8) is 0 Å². The van der Waals surface area contributed by atoms with Crippen LogP contribution in [-0.4, -0.2) is 49.0 Å². The van der Waals surface area contributed by atoms with Crippen molar-refractivity contribution in [3.05, 3.63) is 48.3 Å². The Balaban J connectivity index is 2.27. The van der Waals surface area contributed by atoms with E-state index in [0.29, 0.717) is 17.9 Å². The minimum absolute atomic E-state index is 0.00437. The van der Waals surface area contributed by atoms with Crippen molar-refractivity contribution in [1.82, 2.24) is 0 Å². The van der Waals surface area contributed by atoms with Gasteiger partial charge >= 0.3 is 0 Å². The summed E-state index contributed by atoms with van der Waals surface area (Å²) in [6.07, 6.45) is 2.59. The number of phenolic OH excluding ortho intramolecular Hbond substituents is 1.